The first-order valence-electron chi connectivity index (χ1n) is 5.33. The molecule has 0 bridgehead atoms. The quantitative estimate of drug-likeness (QED) is 0.817. The highest BCUT2D eigenvalue weighted by Crippen LogP contribution is 2.33. The lowest BCUT2D eigenvalue weighted by Gasteiger charge is -2.05. The van der Waals surface area contributed by atoms with Gasteiger partial charge in [0.15, 0.2) is 0 Å². The van der Waals surface area contributed by atoms with Crippen LogP contribution < -0.4 is 0 Å². The Hall–Kier alpha value is -1.28. The lowest BCUT2D eigenvalue weighted by atomic mass is 10.0. The lowest BCUT2D eigenvalue weighted by molar-refractivity contribution is -0.132. The number of hydrogen-bond acceptors (Lipinski definition) is 1. The third kappa shape index (κ3) is 2.12. The molecule has 3 heteroatoms. The van der Waals surface area contributed by atoms with Gasteiger partial charge in [-0.05, 0) is 36.0 Å². The van der Waals surface area contributed by atoms with Crippen molar-refractivity contribution in [3.8, 4) is 0 Å². The Morgan fingerprint density at radius 1 is 1.25 bits per heavy atom. The largest absolute Gasteiger partial charge is 0.478 e. The number of benzene rings is 1. The number of carbonyl (C=O) groups is 1. The van der Waals surface area contributed by atoms with Gasteiger partial charge < -0.3 is 5.11 Å². The minimum atomic E-state index is -0.783. The van der Waals surface area contributed by atoms with Crippen LogP contribution in [0.3, 0.4) is 0 Å². The van der Waals surface area contributed by atoms with Gasteiger partial charge in [-0.15, -0.1) is 11.6 Å². The Labute approximate surface area is 99.5 Å². The first-order valence-corrected chi connectivity index (χ1v) is 5.86. The summed E-state index contributed by atoms with van der Waals surface area (Å²) in [6, 6.07) is 7.82. The molecular formula is C13H13ClO2. The van der Waals surface area contributed by atoms with Gasteiger partial charge in [-0.3, -0.25) is 0 Å². The Bertz CT molecular complexity index is 432. The molecule has 0 amide bonds. The predicted molar refractivity (Wildman–Crippen MR) is 64.4 cm³/mol. The van der Waals surface area contributed by atoms with E-state index in [9.17, 15) is 4.79 Å². The smallest absolute Gasteiger partial charge is 0.331 e. The molecule has 2 rings (SSSR count). The predicted octanol–water partition coefficient (Wildman–Crippen LogP) is 3.45. The van der Waals surface area contributed by atoms with Crippen molar-refractivity contribution in [2.75, 3.05) is 0 Å². The molecule has 84 valence electrons. The summed E-state index contributed by atoms with van der Waals surface area (Å²) >= 11 is 5.71. The second kappa shape index (κ2) is 4.71. The van der Waals surface area contributed by atoms with Gasteiger partial charge in [-0.2, -0.15) is 0 Å². The van der Waals surface area contributed by atoms with E-state index in [1.807, 2.05) is 24.3 Å². The molecule has 16 heavy (non-hydrogen) atoms. The zero-order valence-electron chi connectivity index (χ0n) is 8.87. The molecule has 1 aromatic rings. The molecule has 0 radical (unpaired) electrons. The first-order chi connectivity index (χ1) is 7.72. The van der Waals surface area contributed by atoms with Crippen LogP contribution in [0.1, 0.15) is 30.4 Å². The minimum Gasteiger partial charge on any atom is -0.478 e. The van der Waals surface area contributed by atoms with Crippen LogP contribution in [0.2, 0.25) is 0 Å². The molecule has 1 N–H and O–H groups in total. The van der Waals surface area contributed by atoms with Crippen LogP contribution in [0.5, 0.6) is 0 Å². The summed E-state index contributed by atoms with van der Waals surface area (Å²) in [6.07, 6.45) is 2.48. The normalized spacial score (nSPS) is 15.6. The third-order valence-electron chi connectivity index (χ3n) is 2.93. The van der Waals surface area contributed by atoms with Crippen molar-refractivity contribution in [3.63, 3.8) is 0 Å². The maximum absolute atomic E-state index is 11.0. The van der Waals surface area contributed by atoms with Crippen LogP contribution in [0.15, 0.2) is 29.8 Å². The molecule has 0 heterocycles. The molecule has 0 unspecified atom stereocenters. The number of hydrogen-bond donors (Lipinski definition) is 1. The molecule has 0 saturated carbocycles. The fraction of sp³-hybridized carbons (Fsp3) is 0.308. The number of alkyl halides is 1. The van der Waals surface area contributed by atoms with E-state index in [0.717, 1.165) is 29.5 Å². The van der Waals surface area contributed by atoms with Crippen molar-refractivity contribution in [2.24, 2.45) is 0 Å². The van der Waals surface area contributed by atoms with E-state index in [1.54, 1.807) is 0 Å². The van der Waals surface area contributed by atoms with E-state index in [1.165, 1.54) is 0 Å². The average molecular weight is 237 g/mol. The van der Waals surface area contributed by atoms with E-state index in [-0.39, 0.29) is 0 Å². The molecule has 1 aliphatic rings. The SMILES string of the molecule is O=C(O)C1=C(c2ccc(CCl)cc2)CCC1. The fourth-order valence-electron chi connectivity index (χ4n) is 2.09. The van der Waals surface area contributed by atoms with Crippen LogP contribution >= 0.6 is 11.6 Å². The highest BCUT2D eigenvalue weighted by Gasteiger charge is 2.20. The summed E-state index contributed by atoms with van der Waals surface area (Å²) in [4.78, 5) is 11.0. The summed E-state index contributed by atoms with van der Waals surface area (Å²) in [7, 11) is 0. The third-order valence-corrected chi connectivity index (χ3v) is 3.24. The van der Waals surface area contributed by atoms with Gasteiger partial charge in [0, 0.05) is 11.5 Å². The van der Waals surface area contributed by atoms with Gasteiger partial charge in [0.2, 0.25) is 0 Å². The summed E-state index contributed by atoms with van der Waals surface area (Å²) in [5, 5.41) is 9.07. The van der Waals surface area contributed by atoms with Crippen molar-refractivity contribution in [3.05, 3.63) is 41.0 Å². The Kier molecular flexibility index (Phi) is 3.30. The Balaban J connectivity index is 2.35. The van der Waals surface area contributed by atoms with E-state index in [2.05, 4.69) is 0 Å². The molecule has 0 aliphatic heterocycles. The van der Waals surface area contributed by atoms with Crippen LogP contribution in [0.25, 0.3) is 5.57 Å². The number of carboxylic acids is 1. The highest BCUT2D eigenvalue weighted by atomic mass is 35.5. The molecule has 0 spiro atoms. The fourth-order valence-corrected chi connectivity index (χ4v) is 2.27. The molecule has 0 aromatic heterocycles. The maximum Gasteiger partial charge on any atom is 0.331 e. The molecular weight excluding hydrogens is 224 g/mol. The van der Waals surface area contributed by atoms with Crippen molar-refractivity contribution in [1.82, 2.24) is 0 Å². The van der Waals surface area contributed by atoms with Gasteiger partial charge in [0.1, 0.15) is 0 Å². The minimum absolute atomic E-state index is 0.491. The van der Waals surface area contributed by atoms with Crippen molar-refractivity contribution in [2.45, 2.75) is 25.1 Å². The summed E-state index contributed by atoms with van der Waals surface area (Å²) in [5.41, 5.74) is 3.62. The van der Waals surface area contributed by atoms with E-state index >= 15 is 0 Å². The van der Waals surface area contributed by atoms with Crippen LogP contribution in [-0.2, 0) is 10.7 Å². The monoisotopic (exact) mass is 236 g/mol. The van der Waals surface area contributed by atoms with Gasteiger partial charge in [-0.1, -0.05) is 24.3 Å². The van der Waals surface area contributed by atoms with Crippen molar-refractivity contribution < 1.29 is 9.90 Å². The summed E-state index contributed by atoms with van der Waals surface area (Å²) in [5.74, 6) is -0.292. The second-order valence-corrected chi connectivity index (χ2v) is 4.21. The maximum atomic E-state index is 11.0. The van der Waals surface area contributed by atoms with Gasteiger partial charge in [0.05, 0.1) is 0 Å². The number of rotatable bonds is 3. The number of carboxylic acid groups (broad SMARTS) is 1. The molecule has 1 aliphatic carbocycles. The molecule has 1 aromatic carbocycles. The van der Waals surface area contributed by atoms with Crippen LogP contribution in [-0.4, -0.2) is 11.1 Å². The molecule has 2 nitrogen and oxygen atoms in total. The molecule has 0 fully saturated rings. The van der Waals surface area contributed by atoms with E-state index in [4.69, 9.17) is 16.7 Å². The van der Waals surface area contributed by atoms with Crippen molar-refractivity contribution in [1.29, 1.82) is 0 Å². The standard InChI is InChI=1S/C13H13ClO2/c14-8-9-4-6-10(7-5-9)11-2-1-3-12(11)13(15)16/h4-7H,1-3,8H2,(H,15,16). The van der Waals surface area contributed by atoms with E-state index < -0.39 is 5.97 Å². The first kappa shape index (κ1) is 11.2. The lowest BCUT2D eigenvalue weighted by Crippen LogP contribution is -1.99. The zero-order valence-corrected chi connectivity index (χ0v) is 9.63. The average Bonchev–Trinajstić information content (AvgIpc) is 2.78. The summed E-state index contributed by atoms with van der Waals surface area (Å²) in [6.45, 7) is 0. The second-order valence-electron chi connectivity index (χ2n) is 3.95. The Morgan fingerprint density at radius 3 is 2.50 bits per heavy atom. The van der Waals surface area contributed by atoms with Gasteiger partial charge in [-0.25, -0.2) is 4.79 Å². The van der Waals surface area contributed by atoms with Crippen LogP contribution in [0.4, 0.5) is 0 Å². The van der Waals surface area contributed by atoms with E-state index in [0.29, 0.717) is 17.9 Å². The molecule has 0 saturated heterocycles. The molecule has 0 atom stereocenters. The Morgan fingerprint density at radius 2 is 1.94 bits per heavy atom. The number of aliphatic carboxylic acids is 1. The number of halogens is 1. The van der Waals surface area contributed by atoms with Crippen LogP contribution in [0, 0.1) is 0 Å². The zero-order chi connectivity index (χ0) is 11.5. The van der Waals surface area contributed by atoms with Crippen molar-refractivity contribution >= 4 is 23.1 Å². The summed E-state index contributed by atoms with van der Waals surface area (Å²) < 4.78 is 0. The highest BCUT2D eigenvalue weighted by molar-refractivity contribution is 6.17. The number of allylic oxidation sites excluding steroid dienone is 1. The van der Waals surface area contributed by atoms with Gasteiger partial charge >= 0.3 is 5.97 Å². The van der Waals surface area contributed by atoms with Gasteiger partial charge in [0.25, 0.3) is 0 Å². The topological polar surface area (TPSA) is 37.3 Å².